The van der Waals surface area contributed by atoms with E-state index in [0.717, 1.165) is 29.6 Å². The van der Waals surface area contributed by atoms with E-state index in [-0.39, 0.29) is 11.9 Å². The third-order valence-electron chi connectivity index (χ3n) is 4.07. The van der Waals surface area contributed by atoms with Gasteiger partial charge in [0.2, 0.25) is 0 Å². The van der Waals surface area contributed by atoms with Crippen LogP contribution in [-0.2, 0) is 16.1 Å². The molecule has 5 nitrogen and oxygen atoms in total. The van der Waals surface area contributed by atoms with Crippen LogP contribution in [0.5, 0.6) is 0 Å². The topological polar surface area (TPSA) is 57.7 Å². The quantitative estimate of drug-likeness (QED) is 0.806. The summed E-state index contributed by atoms with van der Waals surface area (Å²) in [4.78, 5) is 13.8. The first-order chi connectivity index (χ1) is 10.2. The molecule has 108 valence electrons. The molecule has 2 aromatic rings. The Labute approximate surface area is 123 Å². The molecule has 0 N–H and O–H groups in total. The van der Waals surface area contributed by atoms with E-state index in [1.165, 1.54) is 7.11 Å². The standard InChI is InChI=1S/C16H17N3O2/c1-21-16(20)12-5-7-18(9-12)10-13-11-19-6-3-2-4-15(19)14(13)8-17/h2-4,6,11-12H,5,7,9-10H2,1H3. The number of ether oxygens (including phenoxy) is 1. The number of carbonyl (C=O) groups is 1. The maximum absolute atomic E-state index is 11.6. The highest BCUT2D eigenvalue weighted by Gasteiger charge is 2.29. The van der Waals surface area contributed by atoms with Gasteiger partial charge in [0.1, 0.15) is 6.07 Å². The summed E-state index contributed by atoms with van der Waals surface area (Å²) in [5.74, 6) is -0.183. The number of pyridine rings is 1. The van der Waals surface area contributed by atoms with E-state index in [1.54, 1.807) is 0 Å². The number of likely N-dealkylation sites (tertiary alicyclic amines) is 1. The van der Waals surface area contributed by atoms with Gasteiger partial charge in [-0.05, 0) is 25.1 Å². The van der Waals surface area contributed by atoms with Crippen molar-refractivity contribution in [1.29, 1.82) is 5.26 Å². The Balaban J connectivity index is 1.80. The van der Waals surface area contributed by atoms with Crippen LogP contribution in [0, 0.1) is 17.2 Å². The van der Waals surface area contributed by atoms with Gasteiger partial charge in [-0.1, -0.05) is 6.07 Å². The molecular formula is C16H17N3O2. The Morgan fingerprint density at radius 2 is 2.38 bits per heavy atom. The first-order valence-corrected chi connectivity index (χ1v) is 7.01. The van der Waals surface area contributed by atoms with Gasteiger partial charge in [-0.2, -0.15) is 5.26 Å². The van der Waals surface area contributed by atoms with Crippen LogP contribution in [0.4, 0.5) is 0 Å². The maximum atomic E-state index is 11.6. The fourth-order valence-corrected chi connectivity index (χ4v) is 3.00. The third kappa shape index (κ3) is 2.50. The van der Waals surface area contributed by atoms with Gasteiger partial charge in [-0.3, -0.25) is 9.69 Å². The fraction of sp³-hybridized carbons (Fsp3) is 0.375. The summed E-state index contributed by atoms with van der Waals surface area (Å²) in [7, 11) is 1.43. The Bertz CT molecular complexity index is 714. The number of nitrogens with zero attached hydrogens (tertiary/aromatic N) is 3. The molecule has 1 fully saturated rings. The van der Waals surface area contributed by atoms with Crippen molar-refractivity contribution in [3.63, 3.8) is 0 Å². The number of esters is 1. The lowest BCUT2D eigenvalue weighted by Gasteiger charge is -2.14. The summed E-state index contributed by atoms with van der Waals surface area (Å²) >= 11 is 0. The molecule has 0 radical (unpaired) electrons. The molecule has 1 saturated heterocycles. The summed E-state index contributed by atoms with van der Waals surface area (Å²) in [6, 6.07) is 8.13. The highest BCUT2D eigenvalue weighted by molar-refractivity contribution is 5.73. The predicted molar refractivity (Wildman–Crippen MR) is 77.5 cm³/mol. The monoisotopic (exact) mass is 283 g/mol. The Morgan fingerprint density at radius 3 is 3.14 bits per heavy atom. The first kappa shape index (κ1) is 13.7. The van der Waals surface area contributed by atoms with Crippen LogP contribution in [0.1, 0.15) is 17.5 Å². The van der Waals surface area contributed by atoms with E-state index in [9.17, 15) is 10.1 Å². The molecule has 1 aliphatic rings. The lowest BCUT2D eigenvalue weighted by molar-refractivity contribution is -0.144. The molecule has 0 amide bonds. The molecule has 0 spiro atoms. The first-order valence-electron chi connectivity index (χ1n) is 7.01. The molecule has 0 saturated carbocycles. The summed E-state index contributed by atoms with van der Waals surface area (Å²) in [6.07, 6.45) is 4.77. The van der Waals surface area contributed by atoms with E-state index < -0.39 is 0 Å². The number of carbonyl (C=O) groups excluding carboxylic acids is 1. The van der Waals surface area contributed by atoms with Gasteiger partial charge >= 0.3 is 5.97 Å². The number of hydrogen-bond donors (Lipinski definition) is 0. The van der Waals surface area contributed by atoms with E-state index in [4.69, 9.17) is 4.74 Å². The molecule has 1 unspecified atom stereocenters. The SMILES string of the molecule is COC(=O)C1CCN(Cc2cn3ccccc3c2C#N)C1. The molecule has 3 heterocycles. The van der Waals surface area contributed by atoms with Gasteiger partial charge in [0.25, 0.3) is 0 Å². The molecule has 0 aromatic carbocycles. The smallest absolute Gasteiger partial charge is 0.310 e. The van der Waals surface area contributed by atoms with E-state index in [2.05, 4.69) is 11.0 Å². The van der Waals surface area contributed by atoms with Gasteiger partial charge < -0.3 is 9.14 Å². The number of methoxy groups -OCH3 is 1. The van der Waals surface area contributed by atoms with Crippen LogP contribution < -0.4 is 0 Å². The molecular weight excluding hydrogens is 266 g/mol. The lowest BCUT2D eigenvalue weighted by Crippen LogP contribution is -2.23. The van der Waals surface area contributed by atoms with Crippen molar-refractivity contribution in [2.45, 2.75) is 13.0 Å². The van der Waals surface area contributed by atoms with Crippen molar-refractivity contribution in [1.82, 2.24) is 9.30 Å². The normalized spacial score (nSPS) is 18.8. The van der Waals surface area contributed by atoms with Crippen molar-refractivity contribution in [2.75, 3.05) is 20.2 Å². The molecule has 0 bridgehead atoms. The number of fused-ring (bicyclic) bond motifs is 1. The minimum Gasteiger partial charge on any atom is -0.469 e. The van der Waals surface area contributed by atoms with Gasteiger partial charge in [0.15, 0.2) is 0 Å². The number of hydrogen-bond acceptors (Lipinski definition) is 4. The van der Waals surface area contributed by atoms with Crippen molar-refractivity contribution in [3.05, 3.63) is 41.7 Å². The molecule has 21 heavy (non-hydrogen) atoms. The second-order valence-corrected chi connectivity index (χ2v) is 5.38. The lowest BCUT2D eigenvalue weighted by atomic mass is 10.1. The van der Waals surface area contributed by atoms with Gasteiger partial charge in [-0.25, -0.2) is 0 Å². The van der Waals surface area contributed by atoms with Gasteiger partial charge in [0.05, 0.1) is 24.1 Å². The predicted octanol–water partition coefficient (Wildman–Crippen LogP) is 1.81. The summed E-state index contributed by atoms with van der Waals surface area (Å²) in [5, 5.41) is 9.40. The maximum Gasteiger partial charge on any atom is 0.310 e. The van der Waals surface area contributed by atoms with Crippen LogP contribution in [-0.4, -0.2) is 35.5 Å². The third-order valence-corrected chi connectivity index (χ3v) is 4.07. The molecule has 1 atom stereocenters. The zero-order valence-electron chi connectivity index (χ0n) is 12.0. The summed E-state index contributed by atoms with van der Waals surface area (Å²) < 4.78 is 6.78. The average Bonchev–Trinajstić information content (AvgIpc) is 3.10. The number of aromatic nitrogens is 1. The van der Waals surface area contributed by atoms with Crippen LogP contribution in [0.2, 0.25) is 0 Å². The Morgan fingerprint density at radius 1 is 1.52 bits per heavy atom. The van der Waals surface area contributed by atoms with Crippen LogP contribution in [0.3, 0.4) is 0 Å². The van der Waals surface area contributed by atoms with E-state index in [0.29, 0.717) is 13.1 Å². The number of rotatable bonds is 3. The van der Waals surface area contributed by atoms with Crippen molar-refractivity contribution < 1.29 is 9.53 Å². The highest BCUT2D eigenvalue weighted by Crippen LogP contribution is 2.23. The largest absolute Gasteiger partial charge is 0.469 e. The molecule has 5 heteroatoms. The number of nitriles is 1. The summed E-state index contributed by atoms with van der Waals surface area (Å²) in [6.45, 7) is 2.25. The second-order valence-electron chi connectivity index (χ2n) is 5.38. The van der Waals surface area contributed by atoms with Gasteiger partial charge in [-0.15, -0.1) is 0 Å². The highest BCUT2D eigenvalue weighted by atomic mass is 16.5. The summed E-state index contributed by atoms with van der Waals surface area (Å²) in [5.41, 5.74) is 2.66. The molecule has 2 aromatic heterocycles. The Hall–Kier alpha value is -2.32. The second kappa shape index (κ2) is 5.58. The molecule has 1 aliphatic heterocycles. The van der Waals surface area contributed by atoms with Crippen LogP contribution >= 0.6 is 0 Å². The average molecular weight is 283 g/mol. The Kier molecular flexibility index (Phi) is 3.63. The van der Waals surface area contributed by atoms with Crippen LogP contribution in [0.15, 0.2) is 30.6 Å². The molecule has 0 aliphatic carbocycles. The minimum atomic E-state index is -0.139. The zero-order chi connectivity index (χ0) is 14.8. The molecule has 3 rings (SSSR count). The van der Waals surface area contributed by atoms with Gasteiger partial charge in [0, 0.05) is 31.0 Å². The van der Waals surface area contributed by atoms with Crippen molar-refractivity contribution in [2.24, 2.45) is 5.92 Å². The van der Waals surface area contributed by atoms with Crippen molar-refractivity contribution >= 4 is 11.5 Å². The van der Waals surface area contributed by atoms with Crippen molar-refractivity contribution in [3.8, 4) is 6.07 Å². The van der Waals surface area contributed by atoms with E-state index >= 15 is 0 Å². The minimum absolute atomic E-state index is 0.0439. The van der Waals surface area contributed by atoms with E-state index in [1.807, 2.05) is 35.0 Å². The van der Waals surface area contributed by atoms with Crippen LogP contribution in [0.25, 0.3) is 5.52 Å². The fourth-order valence-electron chi connectivity index (χ4n) is 3.00. The zero-order valence-corrected chi connectivity index (χ0v) is 12.0.